The van der Waals surface area contributed by atoms with Crippen molar-refractivity contribution in [3.63, 3.8) is 0 Å². The zero-order chi connectivity index (χ0) is 22.3. The molecule has 0 saturated carbocycles. The molecule has 2 aromatic carbocycles. The Bertz CT molecular complexity index is 1280. The highest BCUT2D eigenvalue weighted by Gasteiger charge is 2.31. The molecule has 1 aliphatic rings. The maximum absolute atomic E-state index is 13.1. The van der Waals surface area contributed by atoms with Crippen LogP contribution in [-0.4, -0.2) is 59.7 Å². The first-order valence-corrected chi connectivity index (χ1v) is 11.7. The number of hydrogen-bond acceptors (Lipinski definition) is 5. The van der Waals surface area contributed by atoms with Crippen molar-refractivity contribution in [3.05, 3.63) is 64.5 Å². The third kappa shape index (κ3) is 4.05. The Morgan fingerprint density at radius 3 is 2.16 bits per heavy atom. The number of rotatable bonds is 3. The van der Waals surface area contributed by atoms with Gasteiger partial charge in [0.05, 0.1) is 27.3 Å². The topological polar surface area (TPSA) is 83.5 Å². The Balaban J connectivity index is 1.51. The molecule has 2 heterocycles. The summed E-state index contributed by atoms with van der Waals surface area (Å²) in [6, 6.07) is 10.8. The molecule has 1 fully saturated rings. The van der Waals surface area contributed by atoms with Gasteiger partial charge in [-0.3, -0.25) is 4.79 Å². The molecule has 1 amide bonds. The van der Waals surface area contributed by atoms with Crippen molar-refractivity contribution in [1.82, 2.24) is 19.2 Å². The van der Waals surface area contributed by atoms with E-state index in [1.807, 2.05) is 39.0 Å². The van der Waals surface area contributed by atoms with Crippen LogP contribution in [0.15, 0.2) is 41.3 Å². The molecule has 1 saturated heterocycles. The minimum Gasteiger partial charge on any atom is -0.336 e. The van der Waals surface area contributed by atoms with Gasteiger partial charge < -0.3 is 4.90 Å². The van der Waals surface area contributed by atoms with Crippen LogP contribution in [0.1, 0.15) is 32.9 Å². The fourth-order valence-corrected chi connectivity index (χ4v) is 5.53. The van der Waals surface area contributed by atoms with Gasteiger partial charge in [0.2, 0.25) is 10.0 Å². The lowest BCUT2D eigenvalue weighted by molar-refractivity contribution is 0.0698. The summed E-state index contributed by atoms with van der Waals surface area (Å²) in [5.74, 6) is -0.120. The van der Waals surface area contributed by atoms with Gasteiger partial charge in [-0.05, 0) is 63.1 Å². The summed E-state index contributed by atoms with van der Waals surface area (Å²) in [7, 11) is -3.59. The van der Waals surface area contributed by atoms with E-state index in [0.717, 1.165) is 28.0 Å². The van der Waals surface area contributed by atoms with Crippen molar-refractivity contribution in [2.75, 3.05) is 26.2 Å². The second-order valence-corrected chi connectivity index (χ2v) is 9.97. The average molecular weight is 439 g/mol. The lowest BCUT2D eigenvalue weighted by Crippen LogP contribution is -2.50. The van der Waals surface area contributed by atoms with Crippen LogP contribution in [0.2, 0.25) is 0 Å². The minimum atomic E-state index is -3.59. The number of piperazine rings is 1. The quantitative estimate of drug-likeness (QED) is 0.628. The van der Waals surface area contributed by atoms with Gasteiger partial charge in [0.1, 0.15) is 0 Å². The molecule has 1 aromatic heterocycles. The predicted octanol–water partition coefficient (Wildman–Crippen LogP) is 3.01. The molecule has 8 heteroatoms. The SMILES string of the molecule is Cc1ccc(C)c(S(=O)(=O)N2CCN(C(=O)c3ccc4nc(C)c(C)nc4c3)CC2)c1. The molecular weight excluding hydrogens is 412 g/mol. The third-order valence-electron chi connectivity index (χ3n) is 5.81. The van der Waals surface area contributed by atoms with Crippen molar-refractivity contribution in [1.29, 1.82) is 0 Å². The van der Waals surface area contributed by atoms with Crippen molar-refractivity contribution >= 4 is 27.0 Å². The van der Waals surface area contributed by atoms with Gasteiger partial charge in [0.15, 0.2) is 0 Å². The summed E-state index contributed by atoms with van der Waals surface area (Å²) in [6.45, 7) is 8.72. The van der Waals surface area contributed by atoms with Gasteiger partial charge in [-0.2, -0.15) is 4.31 Å². The highest BCUT2D eigenvalue weighted by molar-refractivity contribution is 7.89. The van der Waals surface area contributed by atoms with Crippen LogP contribution in [0.3, 0.4) is 0 Å². The molecule has 0 spiro atoms. The normalized spacial score (nSPS) is 15.4. The Morgan fingerprint density at radius 1 is 0.839 bits per heavy atom. The molecule has 0 radical (unpaired) electrons. The van der Waals surface area contributed by atoms with Crippen molar-refractivity contribution in [2.24, 2.45) is 0 Å². The fourth-order valence-electron chi connectivity index (χ4n) is 3.80. The molecule has 7 nitrogen and oxygen atoms in total. The van der Waals surface area contributed by atoms with E-state index in [1.54, 1.807) is 30.0 Å². The van der Waals surface area contributed by atoms with Crippen LogP contribution >= 0.6 is 0 Å². The minimum absolute atomic E-state index is 0.120. The maximum atomic E-state index is 13.1. The Morgan fingerprint density at radius 2 is 1.48 bits per heavy atom. The monoisotopic (exact) mass is 438 g/mol. The molecule has 0 unspecified atom stereocenters. The van der Waals surface area contributed by atoms with E-state index in [-0.39, 0.29) is 19.0 Å². The summed E-state index contributed by atoms with van der Waals surface area (Å²) in [5.41, 5.74) is 5.31. The van der Waals surface area contributed by atoms with Gasteiger partial charge in [0.25, 0.3) is 5.91 Å². The van der Waals surface area contributed by atoms with Crippen LogP contribution in [0.4, 0.5) is 0 Å². The van der Waals surface area contributed by atoms with E-state index in [0.29, 0.717) is 29.1 Å². The lowest BCUT2D eigenvalue weighted by Gasteiger charge is -2.34. The van der Waals surface area contributed by atoms with Gasteiger partial charge >= 0.3 is 0 Å². The zero-order valence-electron chi connectivity index (χ0n) is 18.2. The van der Waals surface area contributed by atoms with E-state index in [1.165, 1.54) is 4.31 Å². The molecule has 0 N–H and O–H groups in total. The molecule has 0 atom stereocenters. The van der Waals surface area contributed by atoms with E-state index in [4.69, 9.17) is 0 Å². The fraction of sp³-hybridized carbons (Fsp3) is 0.348. The van der Waals surface area contributed by atoms with Crippen molar-refractivity contribution in [2.45, 2.75) is 32.6 Å². The van der Waals surface area contributed by atoms with Crippen LogP contribution in [0, 0.1) is 27.7 Å². The van der Waals surface area contributed by atoms with E-state index in [9.17, 15) is 13.2 Å². The molecular formula is C23H26N4O3S. The van der Waals surface area contributed by atoms with Crippen molar-refractivity contribution < 1.29 is 13.2 Å². The second-order valence-electron chi connectivity index (χ2n) is 8.06. The number of fused-ring (bicyclic) bond motifs is 1. The molecule has 3 aromatic rings. The molecule has 31 heavy (non-hydrogen) atoms. The lowest BCUT2D eigenvalue weighted by atomic mass is 10.1. The Kier molecular flexibility index (Phi) is 5.53. The number of carbonyl (C=O) groups excluding carboxylic acids is 1. The van der Waals surface area contributed by atoms with Gasteiger partial charge in [-0.15, -0.1) is 0 Å². The molecule has 1 aliphatic heterocycles. The average Bonchev–Trinajstić information content (AvgIpc) is 2.75. The summed E-state index contributed by atoms with van der Waals surface area (Å²) in [4.78, 5) is 24.1. The third-order valence-corrected chi connectivity index (χ3v) is 7.85. The van der Waals surface area contributed by atoms with Crippen LogP contribution in [0.5, 0.6) is 0 Å². The summed E-state index contributed by atoms with van der Waals surface area (Å²) in [5, 5.41) is 0. The smallest absolute Gasteiger partial charge is 0.254 e. The standard InChI is InChI=1S/C23H26N4O3S/c1-15-5-6-16(2)22(13-15)31(29,30)27-11-9-26(10-12-27)23(28)19-7-8-20-21(14-19)25-18(4)17(3)24-20/h5-8,13-14H,9-12H2,1-4H3. The number of benzene rings is 2. The van der Waals surface area contributed by atoms with Crippen molar-refractivity contribution in [3.8, 4) is 0 Å². The number of nitrogens with zero attached hydrogens (tertiary/aromatic N) is 4. The summed E-state index contributed by atoms with van der Waals surface area (Å²) < 4.78 is 27.7. The first-order valence-electron chi connectivity index (χ1n) is 10.3. The first-order chi connectivity index (χ1) is 14.7. The summed E-state index contributed by atoms with van der Waals surface area (Å²) in [6.07, 6.45) is 0. The molecule has 4 rings (SSSR count). The highest BCUT2D eigenvalue weighted by atomic mass is 32.2. The molecule has 0 bridgehead atoms. The number of amides is 1. The van der Waals surface area contributed by atoms with Crippen LogP contribution < -0.4 is 0 Å². The highest BCUT2D eigenvalue weighted by Crippen LogP contribution is 2.23. The Hall–Kier alpha value is -2.84. The predicted molar refractivity (Wildman–Crippen MR) is 120 cm³/mol. The summed E-state index contributed by atoms with van der Waals surface area (Å²) >= 11 is 0. The van der Waals surface area contributed by atoms with Gasteiger partial charge in [-0.25, -0.2) is 18.4 Å². The number of aromatic nitrogens is 2. The molecule has 0 aliphatic carbocycles. The van der Waals surface area contributed by atoms with Gasteiger partial charge in [0, 0.05) is 31.7 Å². The van der Waals surface area contributed by atoms with Gasteiger partial charge in [-0.1, -0.05) is 12.1 Å². The number of sulfonamides is 1. The van der Waals surface area contributed by atoms with Crippen LogP contribution in [-0.2, 0) is 10.0 Å². The van der Waals surface area contributed by atoms with E-state index >= 15 is 0 Å². The molecule has 162 valence electrons. The van der Waals surface area contributed by atoms with Crippen LogP contribution in [0.25, 0.3) is 11.0 Å². The second kappa shape index (κ2) is 8.01. The zero-order valence-corrected chi connectivity index (χ0v) is 19.0. The maximum Gasteiger partial charge on any atom is 0.254 e. The largest absolute Gasteiger partial charge is 0.336 e. The number of hydrogen-bond donors (Lipinski definition) is 0. The number of carbonyl (C=O) groups is 1. The number of aryl methyl sites for hydroxylation is 4. The first kappa shape index (κ1) is 21.4. The Labute approximate surface area is 182 Å². The van der Waals surface area contributed by atoms with E-state index < -0.39 is 10.0 Å². The van der Waals surface area contributed by atoms with E-state index in [2.05, 4.69) is 9.97 Å².